The Morgan fingerprint density at radius 3 is 2.23 bits per heavy atom. The molecule has 0 amide bonds. The molecule has 1 aromatic carbocycles. The molecule has 43 heavy (non-hydrogen) atoms. The minimum absolute atomic E-state index is 0.192. The molecule has 1 heterocycles. The smallest absolute Gasteiger partial charge is 0.338 e. The number of rotatable bonds is 8. The first-order chi connectivity index (χ1) is 20.2. The maximum atomic E-state index is 13.9. The van der Waals surface area contributed by atoms with E-state index in [0.29, 0.717) is 18.4 Å². The highest BCUT2D eigenvalue weighted by atomic mass is 28.4. The summed E-state index contributed by atoms with van der Waals surface area (Å²) in [6, 6.07) is 12.0. The lowest BCUT2D eigenvalue weighted by molar-refractivity contribution is -0.349. The van der Waals surface area contributed by atoms with E-state index in [0.717, 1.165) is 37.4 Å². The zero-order valence-electron chi connectivity index (χ0n) is 27.5. The van der Waals surface area contributed by atoms with Gasteiger partial charge in [0.15, 0.2) is 13.9 Å². The number of hydrogen-bond acceptors (Lipinski definition) is 7. The van der Waals surface area contributed by atoms with Gasteiger partial charge < -0.3 is 23.7 Å². The summed E-state index contributed by atoms with van der Waals surface area (Å²) in [5, 5.41) is 13.1. The van der Waals surface area contributed by atoms with E-state index in [9.17, 15) is 14.7 Å². The number of carbonyl (C=O) groups is 2. The van der Waals surface area contributed by atoms with Gasteiger partial charge in [0.2, 0.25) is 0 Å². The Hall–Kier alpha value is -2.00. The van der Waals surface area contributed by atoms with Crippen molar-refractivity contribution >= 4 is 20.3 Å². The second kappa shape index (κ2) is 11.4. The molecule has 5 rings (SSSR count). The summed E-state index contributed by atoms with van der Waals surface area (Å²) in [6.07, 6.45) is 1.79. The molecule has 238 valence electrons. The lowest BCUT2D eigenvalue weighted by Crippen LogP contribution is -2.79. The Labute approximate surface area is 258 Å². The number of benzene rings is 1. The molecule has 3 fully saturated rings. The zero-order valence-corrected chi connectivity index (χ0v) is 28.5. The molecule has 0 spiro atoms. The minimum Gasteiger partial charge on any atom is -0.455 e. The normalized spacial score (nSPS) is 36.8. The maximum Gasteiger partial charge on any atom is 0.338 e. The molecule has 1 aliphatic heterocycles. The van der Waals surface area contributed by atoms with Gasteiger partial charge in [0.25, 0.3) is 0 Å². The van der Waals surface area contributed by atoms with Crippen molar-refractivity contribution in [3.05, 3.63) is 47.0 Å². The van der Waals surface area contributed by atoms with Crippen LogP contribution in [0.4, 0.5) is 0 Å². The summed E-state index contributed by atoms with van der Waals surface area (Å²) in [5.74, 6) is -1.41. The molecule has 2 unspecified atom stereocenters. The Balaban J connectivity index is 1.74. The molecule has 1 saturated heterocycles. The van der Waals surface area contributed by atoms with Crippen LogP contribution in [-0.4, -0.2) is 61.5 Å². The molecular formula is C35H52O7Si. The molecule has 1 N–H and O–H groups in total. The molecule has 8 heteroatoms. The van der Waals surface area contributed by atoms with Gasteiger partial charge in [-0.2, -0.15) is 0 Å². The van der Waals surface area contributed by atoms with Crippen LogP contribution < -0.4 is 0 Å². The summed E-state index contributed by atoms with van der Waals surface area (Å²) in [4.78, 5) is 26.8. The number of carbonyl (C=O) groups excluding carboxylic acids is 2. The largest absolute Gasteiger partial charge is 0.455 e. The third-order valence-electron chi connectivity index (χ3n) is 12.3. The average molecular weight is 613 g/mol. The summed E-state index contributed by atoms with van der Waals surface area (Å²) in [7, 11) is -2.08. The van der Waals surface area contributed by atoms with Crippen molar-refractivity contribution < 1.29 is 33.3 Å². The first kappa shape index (κ1) is 32.4. The van der Waals surface area contributed by atoms with E-state index in [4.69, 9.17) is 18.6 Å². The Kier molecular flexibility index (Phi) is 8.60. The fraction of sp³-hybridized carbons (Fsp3) is 0.714. The van der Waals surface area contributed by atoms with Crippen LogP contribution in [0, 0.1) is 16.7 Å². The highest BCUT2D eigenvalue weighted by Gasteiger charge is 2.75. The van der Waals surface area contributed by atoms with E-state index in [-0.39, 0.29) is 12.7 Å². The molecule has 7 atom stereocenters. The standard InChI is InChI=1S/C35H52O7Si/c1-9-43(10-2,11-3)42-27-21-28-34(22-39-28,41-24(5)36)29-30(40-31(37)25-15-13-12-14-16-25)35(38)20-17-23(4)26(32(35,6)7)18-19-33(27,29)8/h12-16,27-30,38H,9-11,17-22H2,1-8H3/t27-,28+,29?,30-,33+,34-,35?/m0/s1. The third-order valence-corrected chi connectivity index (χ3v) is 16.9. The van der Waals surface area contributed by atoms with Gasteiger partial charge in [-0.1, -0.05) is 70.9 Å². The topological polar surface area (TPSA) is 91.3 Å². The van der Waals surface area contributed by atoms with E-state index in [2.05, 4.69) is 48.5 Å². The van der Waals surface area contributed by atoms with Gasteiger partial charge in [0, 0.05) is 24.2 Å². The Morgan fingerprint density at radius 2 is 1.67 bits per heavy atom. The fourth-order valence-electron chi connectivity index (χ4n) is 9.23. The fourth-order valence-corrected chi connectivity index (χ4v) is 12.2. The Bertz CT molecular complexity index is 1250. The van der Waals surface area contributed by atoms with Crippen LogP contribution in [0.2, 0.25) is 18.1 Å². The van der Waals surface area contributed by atoms with Crippen LogP contribution in [-0.2, 0) is 23.4 Å². The monoisotopic (exact) mass is 612 g/mol. The summed E-state index contributed by atoms with van der Waals surface area (Å²) in [6.45, 7) is 16.9. The summed E-state index contributed by atoms with van der Waals surface area (Å²) >= 11 is 0. The lowest BCUT2D eigenvalue weighted by atomic mass is 9.45. The van der Waals surface area contributed by atoms with Crippen molar-refractivity contribution in [2.75, 3.05) is 6.61 Å². The van der Waals surface area contributed by atoms with Gasteiger partial charge in [0.1, 0.15) is 17.8 Å². The highest BCUT2D eigenvalue weighted by Crippen LogP contribution is 2.65. The van der Waals surface area contributed by atoms with Gasteiger partial charge in [-0.05, 0) is 62.9 Å². The predicted octanol–water partition coefficient (Wildman–Crippen LogP) is 6.99. The third kappa shape index (κ3) is 4.95. The van der Waals surface area contributed by atoms with Crippen molar-refractivity contribution in [3.63, 3.8) is 0 Å². The van der Waals surface area contributed by atoms with Crippen LogP contribution in [0.3, 0.4) is 0 Å². The zero-order chi connectivity index (χ0) is 31.4. The van der Waals surface area contributed by atoms with Crippen molar-refractivity contribution in [3.8, 4) is 0 Å². The number of fused-ring (bicyclic) bond motifs is 5. The Morgan fingerprint density at radius 1 is 1.02 bits per heavy atom. The SMILES string of the molecule is CC[Si](CC)(CC)O[C@H]1C[C@H]2OC[C@@]2(OC(C)=O)C2[C@H](OC(=O)c3ccccc3)C3(O)CCC(C)=C(CC[C@@]21C)C3(C)C. The number of esters is 2. The number of hydrogen-bond donors (Lipinski definition) is 1. The van der Waals surface area contributed by atoms with E-state index in [1.807, 2.05) is 18.2 Å². The van der Waals surface area contributed by atoms with Gasteiger partial charge >= 0.3 is 11.9 Å². The molecule has 1 aromatic rings. The molecule has 0 aromatic heterocycles. The highest BCUT2D eigenvalue weighted by molar-refractivity contribution is 6.73. The lowest BCUT2D eigenvalue weighted by Gasteiger charge is -2.68. The van der Waals surface area contributed by atoms with Crippen LogP contribution in [0.25, 0.3) is 0 Å². The first-order valence-corrected chi connectivity index (χ1v) is 18.9. The van der Waals surface area contributed by atoms with Crippen molar-refractivity contribution in [2.45, 2.75) is 135 Å². The molecule has 7 nitrogen and oxygen atoms in total. The van der Waals surface area contributed by atoms with Crippen LogP contribution in [0.5, 0.6) is 0 Å². The van der Waals surface area contributed by atoms with Gasteiger partial charge in [-0.25, -0.2) is 4.79 Å². The van der Waals surface area contributed by atoms with E-state index in [1.165, 1.54) is 18.1 Å². The quantitative estimate of drug-likeness (QED) is 0.192. The van der Waals surface area contributed by atoms with Crippen LogP contribution in [0.1, 0.15) is 97.9 Å². The van der Waals surface area contributed by atoms with Crippen molar-refractivity contribution in [2.24, 2.45) is 16.7 Å². The number of ether oxygens (including phenoxy) is 3. The van der Waals surface area contributed by atoms with Gasteiger partial charge in [0.05, 0.1) is 24.2 Å². The summed E-state index contributed by atoms with van der Waals surface area (Å²) < 4.78 is 26.5. The van der Waals surface area contributed by atoms with Crippen LogP contribution in [0.15, 0.2) is 41.5 Å². The second-order valence-electron chi connectivity index (χ2n) is 14.4. The van der Waals surface area contributed by atoms with Gasteiger partial charge in [-0.15, -0.1) is 0 Å². The van der Waals surface area contributed by atoms with Gasteiger partial charge in [-0.3, -0.25) is 4.79 Å². The number of allylic oxidation sites excluding steroid dienone is 1. The number of aliphatic hydroxyl groups is 1. The van der Waals surface area contributed by atoms with Crippen molar-refractivity contribution in [1.82, 2.24) is 0 Å². The molecule has 2 bridgehead atoms. The molecular weight excluding hydrogens is 560 g/mol. The van der Waals surface area contributed by atoms with Crippen molar-refractivity contribution in [1.29, 1.82) is 0 Å². The maximum absolute atomic E-state index is 13.9. The molecule has 4 aliphatic rings. The molecule has 2 saturated carbocycles. The molecule has 3 aliphatic carbocycles. The van der Waals surface area contributed by atoms with E-state index >= 15 is 0 Å². The minimum atomic E-state index is -2.08. The van der Waals surface area contributed by atoms with E-state index < -0.39 is 60.4 Å². The predicted molar refractivity (Wildman–Crippen MR) is 168 cm³/mol. The average Bonchev–Trinajstić information content (AvgIpc) is 2.97. The summed E-state index contributed by atoms with van der Waals surface area (Å²) in [5.41, 5.74) is -0.702. The van der Waals surface area contributed by atoms with E-state index in [1.54, 1.807) is 12.1 Å². The first-order valence-electron chi connectivity index (χ1n) is 16.4. The second-order valence-corrected chi connectivity index (χ2v) is 19.1. The van der Waals surface area contributed by atoms with Crippen LogP contribution >= 0.6 is 0 Å². The molecule has 0 radical (unpaired) electrons.